The van der Waals surface area contributed by atoms with E-state index in [4.69, 9.17) is 4.74 Å². The lowest BCUT2D eigenvalue weighted by Crippen LogP contribution is -2.37. The molecule has 0 unspecified atom stereocenters. The average molecular weight is 408 g/mol. The monoisotopic (exact) mass is 407 g/mol. The SMILES string of the molecule is O=C(NCc1ccncc1)c1ccc(OC2CCN(Cc3cccs3)CC2)cc1. The van der Waals surface area contributed by atoms with Gasteiger partial charge in [-0.15, -0.1) is 11.3 Å². The molecule has 1 fully saturated rings. The van der Waals surface area contributed by atoms with Crippen LogP contribution in [0.25, 0.3) is 0 Å². The molecule has 0 spiro atoms. The molecule has 0 aliphatic carbocycles. The fourth-order valence-corrected chi connectivity index (χ4v) is 4.22. The van der Waals surface area contributed by atoms with E-state index >= 15 is 0 Å². The van der Waals surface area contributed by atoms with Crippen LogP contribution in [0.15, 0.2) is 66.3 Å². The molecule has 0 radical (unpaired) electrons. The number of ether oxygens (including phenoxy) is 1. The molecular weight excluding hydrogens is 382 g/mol. The van der Waals surface area contributed by atoms with E-state index in [0.717, 1.165) is 43.8 Å². The summed E-state index contributed by atoms with van der Waals surface area (Å²) in [7, 11) is 0. The molecule has 0 saturated carbocycles. The van der Waals surface area contributed by atoms with Gasteiger partial charge in [-0.05, 0) is 66.2 Å². The van der Waals surface area contributed by atoms with Gasteiger partial charge in [-0.25, -0.2) is 0 Å². The third-order valence-corrected chi connectivity index (χ3v) is 5.98. The summed E-state index contributed by atoms with van der Waals surface area (Å²) in [5.41, 5.74) is 1.66. The number of nitrogens with one attached hydrogen (secondary N) is 1. The summed E-state index contributed by atoms with van der Waals surface area (Å²) in [4.78, 5) is 20.2. The highest BCUT2D eigenvalue weighted by molar-refractivity contribution is 7.09. The molecular formula is C23H25N3O2S. The van der Waals surface area contributed by atoms with Gasteiger partial charge in [0.1, 0.15) is 11.9 Å². The third kappa shape index (κ3) is 5.65. The summed E-state index contributed by atoms with van der Waals surface area (Å²) in [5.74, 6) is 0.739. The van der Waals surface area contributed by atoms with Gasteiger partial charge in [0.2, 0.25) is 0 Å². The molecule has 0 atom stereocenters. The van der Waals surface area contributed by atoms with Crippen molar-refractivity contribution in [3.8, 4) is 5.75 Å². The lowest BCUT2D eigenvalue weighted by atomic mass is 10.1. The number of benzene rings is 1. The molecule has 5 nitrogen and oxygen atoms in total. The van der Waals surface area contributed by atoms with E-state index in [0.29, 0.717) is 12.1 Å². The number of carbonyl (C=O) groups is 1. The predicted octanol–water partition coefficient (Wildman–Crippen LogP) is 4.12. The zero-order valence-electron chi connectivity index (χ0n) is 16.3. The summed E-state index contributed by atoms with van der Waals surface area (Å²) in [5, 5.41) is 5.06. The van der Waals surface area contributed by atoms with Crippen LogP contribution in [0.2, 0.25) is 0 Å². The van der Waals surface area contributed by atoms with E-state index in [2.05, 4.69) is 32.7 Å². The number of amides is 1. The molecule has 1 amide bonds. The molecule has 2 aromatic heterocycles. The van der Waals surface area contributed by atoms with Gasteiger partial charge in [0, 0.05) is 49.0 Å². The van der Waals surface area contributed by atoms with Crippen LogP contribution >= 0.6 is 11.3 Å². The maximum Gasteiger partial charge on any atom is 0.251 e. The number of thiophene rings is 1. The van der Waals surface area contributed by atoms with E-state index in [1.807, 2.05) is 47.7 Å². The summed E-state index contributed by atoms with van der Waals surface area (Å²) >= 11 is 1.82. The Bertz CT molecular complexity index is 890. The first-order chi connectivity index (χ1) is 14.3. The van der Waals surface area contributed by atoms with Crippen molar-refractivity contribution in [2.75, 3.05) is 13.1 Å². The Morgan fingerprint density at radius 3 is 2.55 bits per heavy atom. The molecule has 29 heavy (non-hydrogen) atoms. The van der Waals surface area contributed by atoms with Crippen LogP contribution in [0.5, 0.6) is 5.75 Å². The minimum Gasteiger partial charge on any atom is -0.490 e. The summed E-state index contributed by atoms with van der Waals surface area (Å²) in [6.45, 7) is 3.63. The molecule has 0 bridgehead atoms. The summed E-state index contributed by atoms with van der Waals surface area (Å²) in [6.07, 6.45) is 5.74. The lowest BCUT2D eigenvalue weighted by Gasteiger charge is -2.31. The van der Waals surface area contributed by atoms with Gasteiger partial charge >= 0.3 is 0 Å². The minimum atomic E-state index is -0.0877. The highest BCUT2D eigenvalue weighted by Crippen LogP contribution is 2.21. The van der Waals surface area contributed by atoms with E-state index in [9.17, 15) is 4.79 Å². The first-order valence-corrected chi connectivity index (χ1v) is 10.8. The topological polar surface area (TPSA) is 54.5 Å². The van der Waals surface area contributed by atoms with Crippen LogP contribution in [0.4, 0.5) is 0 Å². The Morgan fingerprint density at radius 2 is 1.86 bits per heavy atom. The van der Waals surface area contributed by atoms with E-state index in [-0.39, 0.29) is 12.0 Å². The number of rotatable bonds is 7. The molecule has 6 heteroatoms. The van der Waals surface area contributed by atoms with Crippen LogP contribution in [0.3, 0.4) is 0 Å². The zero-order valence-corrected chi connectivity index (χ0v) is 17.1. The van der Waals surface area contributed by atoms with Crippen molar-refractivity contribution in [3.05, 3.63) is 82.3 Å². The molecule has 3 aromatic rings. The third-order valence-electron chi connectivity index (χ3n) is 5.12. The molecule has 4 rings (SSSR count). The number of hydrogen-bond donors (Lipinski definition) is 1. The van der Waals surface area contributed by atoms with Crippen molar-refractivity contribution in [2.24, 2.45) is 0 Å². The van der Waals surface area contributed by atoms with E-state index in [1.165, 1.54) is 4.88 Å². The summed E-state index contributed by atoms with van der Waals surface area (Å²) < 4.78 is 6.14. The van der Waals surface area contributed by atoms with Gasteiger partial charge in [-0.3, -0.25) is 14.7 Å². The highest BCUT2D eigenvalue weighted by Gasteiger charge is 2.21. The van der Waals surface area contributed by atoms with Crippen LogP contribution < -0.4 is 10.1 Å². The Morgan fingerprint density at radius 1 is 1.10 bits per heavy atom. The first kappa shape index (κ1) is 19.6. The fourth-order valence-electron chi connectivity index (χ4n) is 3.47. The largest absolute Gasteiger partial charge is 0.490 e. The van der Waals surface area contributed by atoms with Crippen molar-refractivity contribution in [3.63, 3.8) is 0 Å². The van der Waals surface area contributed by atoms with Gasteiger partial charge in [-0.1, -0.05) is 6.07 Å². The molecule has 1 saturated heterocycles. The number of likely N-dealkylation sites (tertiary alicyclic amines) is 1. The molecule has 1 aliphatic rings. The first-order valence-electron chi connectivity index (χ1n) is 9.95. The maximum atomic E-state index is 12.3. The Balaban J connectivity index is 1.23. The van der Waals surface area contributed by atoms with Crippen LogP contribution in [0, 0.1) is 0 Å². The molecule has 1 aliphatic heterocycles. The van der Waals surface area contributed by atoms with Crippen molar-refractivity contribution in [2.45, 2.75) is 32.0 Å². The van der Waals surface area contributed by atoms with Crippen molar-refractivity contribution in [1.82, 2.24) is 15.2 Å². The average Bonchev–Trinajstić information content (AvgIpc) is 3.28. The smallest absolute Gasteiger partial charge is 0.251 e. The fraction of sp³-hybridized carbons (Fsp3) is 0.304. The standard InChI is InChI=1S/C23H25N3O2S/c27-23(25-16-18-7-11-24-12-8-18)19-3-5-20(6-4-19)28-21-9-13-26(14-10-21)17-22-2-1-15-29-22/h1-8,11-12,15,21H,9-10,13-14,16-17H2,(H,25,27). The van der Waals surface area contributed by atoms with E-state index in [1.54, 1.807) is 12.4 Å². The van der Waals surface area contributed by atoms with Gasteiger partial charge in [-0.2, -0.15) is 0 Å². The van der Waals surface area contributed by atoms with Crippen molar-refractivity contribution in [1.29, 1.82) is 0 Å². The molecule has 1 aromatic carbocycles. The van der Waals surface area contributed by atoms with Crippen molar-refractivity contribution < 1.29 is 9.53 Å². The predicted molar refractivity (Wildman–Crippen MR) is 115 cm³/mol. The van der Waals surface area contributed by atoms with E-state index < -0.39 is 0 Å². The Labute approximate surface area is 175 Å². The number of carbonyl (C=O) groups excluding carboxylic acids is 1. The number of piperidine rings is 1. The number of nitrogens with zero attached hydrogens (tertiary/aromatic N) is 2. The normalized spacial score (nSPS) is 15.2. The van der Waals surface area contributed by atoms with Gasteiger partial charge in [0.05, 0.1) is 0 Å². The summed E-state index contributed by atoms with van der Waals surface area (Å²) in [6, 6.07) is 15.5. The quantitative estimate of drug-likeness (QED) is 0.640. The number of pyridine rings is 1. The molecule has 1 N–H and O–H groups in total. The zero-order chi connectivity index (χ0) is 19.9. The number of aromatic nitrogens is 1. The van der Waals surface area contributed by atoms with Crippen LogP contribution in [0.1, 0.15) is 33.6 Å². The second-order valence-corrected chi connectivity index (χ2v) is 8.27. The second-order valence-electron chi connectivity index (χ2n) is 7.24. The van der Waals surface area contributed by atoms with Crippen LogP contribution in [-0.2, 0) is 13.1 Å². The highest BCUT2D eigenvalue weighted by atomic mass is 32.1. The number of hydrogen-bond acceptors (Lipinski definition) is 5. The van der Waals surface area contributed by atoms with Gasteiger partial charge in [0.15, 0.2) is 0 Å². The minimum absolute atomic E-state index is 0.0877. The Kier molecular flexibility index (Phi) is 6.54. The lowest BCUT2D eigenvalue weighted by molar-refractivity contribution is 0.0948. The maximum absolute atomic E-state index is 12.3. The second kappa shape index (κ2) is 9.67. The molecule has 150 valence electrons. The molecule has 3 heterocycles. The van der Waals surface area contributed by atoms with Crippen LogP contribution in [-0.4, -0.2) is 35.0 Å². The Hall–Kier alpha value is -2.70. The van der Waals surface area contributed by atoms with Gasteiger partial charge < -0.3 is 10.1 Å². The van der Waals surface area contributed by atoms with Crippen molar-refractivity contribution >= 4 is 17.2 Å². The van der Waals surface area contributed by atoms with Gasteiger partial charge in [0.25, 0.3) is 5.91 Å².